The number of alkyl halides is 3. The second-order valence-corrected chi connectivity index (χ2v) is 6.25. The van der Waals surface area contributed by atoms with Gasteiger partial charge >= 0.3 is 12.1 Å². The normalized spacial score (nSPS) is 11.4. The molecule has 0 saturated heterocycles. The van der Waals surface area contributed by atoms with Crippen molar-refractivity contribution >= 4 is 17.6 Å². The van der Waals surface area contributed by atoms with E-state index in [1.54, 1.807) is 30.3 Å². The molecule has 0 aromatic heterocycles. The first-order valence-electron chi connectivity index (χ1n) is 8.26. The van der Waals surface area contributed by atoms with Crippen LogP contribution >= 0.6 is 11.6 Å². The van der Waals surface area contributed by atoms with E-state index in [-0.39, 0.29) is 18.0 Å². The summed E-state index contributed by atoms with van der Waals surface area (Å²) in [6.07, 6.45) is -3.92. The Morgan fingerprint density at radius 1 is 1.19 bits per heavy atom. The van der Waals surface area contributed by atoms with Gasteiger partial charge in [0, 0.05) is 6.54 Å². The number of aliphatic carboxylic acids is 1. The number of hydrogen-bond acceptors (Lipinski definition) is 3. The number of nitrogens with one attached hydrogen (secondary N) is 1. The molecule has 2 rings (SSSR count). The lowest BCUT2D eigenvalue weighted by molar-refractivity contribution is -0.138. The Hall–Kier alpha value is -2.25. The standard InChI is InChI=1S/C19H19ClF3NO3/c20-18-14(5-2-7-16(18)19(21,22)23)12-24-8-3-9-27-15-6-1-4-13(10-15)11-17(25)26/h1-2,4-7,10,24H,3,8-9,11-12H2,(H,25,26). The zero-order chi connectivity index (χ0) is 19.9. The maximum Gasteiger partial charge on any atom is 0.417 e. The fourth-order valence-corrected chi connectivity index (χ4v) is 2.77. The summed E-state index contributed by atoms with van der Waals surface area (Å²) in [6.45, 7) is 1.14. The van der Waals surface area contributed by atoms with E-state index in [1.807, 2.05) is 0 Å². The predicted octanol–water partition coefficient (Wildman–Crippen LogP) is 4.54. The van der Waals surface area contributed by atoms with Crippen molar-refractivity contribution in [1.82, 2.24) is 5.32 Å². The fraction of sp³-hybridized carbons (Fsp3) is 0.316. The van der Waals surface area contributed by atoms with Crippen molar-refractivity contribution in [3.05, 3.63) is 64.2 Å². The molecule has 0 bridgehead atoms. The second kappa shape index (κ2) is 9.62. The molecule has 8 heteroatoms. The molecule has 0 heterocycles. The van der Waals surface area contributed by atoms with Gasteiger partial charge in [-0.2, -0.15) is 13.2 Å². The molecule has 2 aromatic rings. The van der Waals surface area contributed by atoms with Gasteiger partial charge in [0.1, 0.15) is 5.75 Å². The molecule has 0 radical (unpaired) electrons. The molecule has 0 spiro atoms. The van der Waals surface area contributed by atoms with E-state index >= 15 is 0 Å². The molecule has 0 unspecified atom stereocenters. The van der Waals surface area contributed by atoms with E-state index in [1.165, 1.54) is 6.07 Å². The van der Waals surface area contributed by atoms with Crippen LogP contribution in [0.25, 0.3) is 0 Å². The average molecular weight is 402 g/mol. The SMILES string of the molecule is O=C(O)Cc1cccc(OCCCNCc2cccc(C(F)(F)F)c2Cl)c1. The molecule has 146 valence electrons. The summed E-state index contributed by atoms with van der Waals surface area (Å²) in [5, 5.41) is 11.5. The van der Waals surface area contributed by atoms with Crippen LogP contribution < -0.4 is 10.1 Å². The summed E-state index contributed by atoms with van der Waals surface area (Å²) in [5.41, 5.74) is 0.194. The van der Waals surface area contributed by atoms with Gasteiger partial charge in [0.25, 0.3) is 0 Å². The lowest BCUT2D eigenvalue weighted by atomic mass is 10.1. The summed E-state index contributed by atoms with van der Waals surface area (Å²) in [5.74, 6) is -0.334. The summed E-state index contributed by atoms with van der Waals surface area (Å²) < 4.78 is 44.0. The number of carboxylic acids is 1. The molecule has 0 saturated carbocycles. The molecule has 4 nitrogen and oxygen atoms in total. The van der Waals surface area contributed by atoms with Crippen LogP contribution in [-0.4, -0.2) is 24.2 Å². The van der Waals surface area contributed by atoms with Crippen LogP contribution in [-0.2, 0) is 23.9 Å². The van der Waals surface area contributed by atoms with Crippen LogP contribution in [0.15, 0.2) is 42.5 Å². The average Bonchev–Trinajstić information content (AvgIpc) is 2.58. The van der Waals surface area contributed by atoms with E-state index in [9.17, 15) is 18.0 Å². The van der Waals surface area contributed by atoms with Crippen molar-refractivity contribution in [2.45, 2.75) is 25.6 Å². The van der Waals surface area contributed by atoms with Crippen molar-refractivity contribution in [1.29, 1.82) is 0 Å². The Bertz CT molecular complexity index is 781. The molecule has 0 aliphatic heterocycles. The fourth-order valence-electron chi connectivity index (χ4n) is 2.47. The molecular formula is C19H19ClF3NO3. The third-order valence-electron chi connectivity index (χ3n) is 3.72. The number of ether oxygens (including phenoxy) is 1. The maximum absolute atomic E-state index is 12.8. The lowest BCUT2D eigenvalue weighted by Gasteiger charge is -2.13. The van der Waals surface area contributed by atoms with E-state index in [4.69, 9.17) is 21.4 Å². The van der Waals surface area contributed by atoms with E-state index in [2.05, 4.69) is 5.32 Å². The number of rotatable bonds is 9. The van der Waals surface area contributed by atoms with Gasteiger partial charge in [-0.1, -0.05) is 35.9 Å². The van der Waals surface area contributed by atoms with Crippen molar-refractivity contribution in [3.63, 3.8) is 0 Å². The van der Waals surface area contributed by atoms with E-state index < -0.39 is 17.7 Å². The number of halogens is 4. The smallest absolute Gasteiger partial charge is 0.417 e. The van der Waals surface area contributed by atoms with Crippen LogP contribution in [0.1, 0.15) is 23.1 Å². The Balaban J connectivity index is 1.75. The Morgan fingerprint density at radius 2 is 1.93 bits per heavy atom. The predicted molar refractivity (Wildman–Crippen MR) is 96.1 cm³/mol. The molecule has 0 amide bonds. The zero-order valence-corrected chi connectivity index (χ0v) is 15.1. The lowest BCUT2D eigenvalue weighted by Crippen LogP contribution is -2.18. The van der Waals surface area contributed by atoms with Gasteiger partial charge in [-0.25, -0.2) is 0 Å². The third-order valence-corrected chi connectivity index (χ3v) is 4.17. The number of carboxylic acid groups (broad SMARTS) is 1. The van der Waals surface area contributed by atoms with Gasteiger partial charge in [0.05, 0.1) is 23.6 Å². The highest BCUT2D eigenvalue weighted by molar-refractivity contribution is 6.32. The molecule has 0 aliphatic carbocycles. The summed E-state index contributed by atoms with van der Waals surface area (Å²) in [7, 11) is 0. The first kappa shape index (κ1) is 21.1. The Kier molecular flexibility index (Phi) is 7.50. The largest absolute Gasteiger partial charge is 0.494 e. The van der Waals surface area contributed by atoms with Crippen molar-refractivity contribution in [2.75, 3.05) is 13.2 Å². The number of hydrogen-bond donors (Lipinski definition) is 2. The molecule has 27 heavy (non-hydrogen) atoms. The van der Waals surface area contributed by atoms with Crippen LogP contribution in [0, 0.1) is 0 Å². The molecule has 0 fully saturated rings. The van der Waals surface area contributed by atoms with Gasteiger partial charge in [0.15, 0.2) is 0 Å². The van der Waals surface area contributed by atoms with Crippen molar-refractivity contribution in [2.24, 2.45) is 0 Å². The van der Waals surface area contributed by atoms with Crippen LogP contribution in [0.2, 0.25) is 5.02 Å². The molecule has 0 atom stereocenters. The van der Waals surface area contributed by atoms with E-state index in [0.717, 1.165) is 6.07 Å². The highest BCUT2D eigenvalue weighted by atomic mass is 35.5. The molecule has 2 N–H and O–H groups in total. The van der Waals surface area contributed by atoms with Crippen LogP contribution in [0.4, 0.5) is 13.2 Å². The topological polar surface area (TPSA) is 58.6 Å². The van der Waals surface area contributed by atoms with E-state index in [0.29, 0.717) is 36.4 Å². The van der Waals surface area contributed by atoms with Crippen LogP contribution in [0.3, 0.4) is 0 Å². The van der Waals surface area contributed by atoms with Gasteiger partial charge < -0.3 is 15.2 Å². The van der Waals surface area contributed by atoms with Gasteiger partial charge in [-0.05, 0) is 42.3 Å². The highest BCUT2D eigenvalue weighted by Gasteiger charge is 2.33. The van der Waals surface area contributed by atoms with Crippen molar-refractivity contribution < 1.29 is 27.8 Å². The Morgan fingerprint density at radius 3 is 2.63 bits per heavy atom. The minimum Gasteiger partial charge on any atom is -0.494 e. The number of carbonyl (C=O) groups is 1. The minimum absolute atomic E-state index is 0.0729. The van der Waals surface area contributed by atoms with Gasteiger partial charge in [0.2, 0.25) is 0 Å². The first-order valence-corrected chi connectivity index (χ1v) is 8.64. The molecular weight excluding hydrogens is 383 g/mol. The minimum atomic E-state index is -4.48. The maximum atomic E-state index is 12.8. The first-order chi connectivity index (χ1) is 12.8. The number of benzene rings is 2. The molecule has 0 aliphatic rings. The van der Waals surface area contributed by atoms with Crippen molar-refractivity contribution in [3.8, 4) is 5.75 Å². The summed E-state index contributed by atoms with van der Waals surface area (Å²) in [6, 6.07) is 10.7. The molecule has 2 aromatic carbocycles. The zero-order valence-electron chi connectivity index (χ0n) is 14.4. The quantitative estimate of drug-likeness (QED) is 0.605. The highest BCUT2D eigenvalue weighted by Crippen LogP contribution is 2.36. The monoisotopic (exact) mass is 401 g/mol. The van der Waals surface area contributed by atoms with Gasteiger partial charge in [-0.3, -0.25) is 4.79 Å². The Labute approximate surface area is 159 Å². The summed E-state index contributed by atoms with van der Waals surface area (Å²) >= 11 is 5.84. The summed E-state index contributed by atoms with van der Waals surface area (Å²) in [4.78, 5) is 10.7. The second-order valence-electron chi connectivity index (χ2n) is 5.87. The van der Waals surface area contributed by atoms with Gasteiger partial charge in [-0.15, -0.1) is 0 Å². The van der Waals surface area contributed by atoms with Crippen LogP contribution in [0.5, 0.6) is 5.75 Å². The third kappa shape index (κ3) is 6.77.